The SMILES string of the molecule is O=C1NC=NNc2ccccc21. The Morgan fingerprint density at radius 3 is 3.00 bits per heavy atom. The van der Waals surface area contributed by atoms with Crippen LogP contribution in [0.1, 0.15) is 10.4 Å². The number of amides is 1. The number of hydrogen-bond donors (Lipinski definition) is 2. The fourth-order valence-corrected chi connectivity index (χ4v) is 1.05. The van der Waals surface area contributed by atoms with E-state index in [2.05, 4.69) is 15.8 Å². The Morgan fingerprint density at radius 2 is 2.08 bits per heavy atom. The van der Waals surface area contributed by atoms with E-state index in [-0.39, 0.29) is 5.91 Å². The molecule has 0 unspecified atom stereocenters. The Bertz CT molecular complexity index is 346. The van der Waals surface area contributed by atoms with Crippen LogP contribution in [0, 0.1) is 0 Å². The Balaban J connectivity index is 2.52. The summed E-state index contributed by atoms with van der Waals surface area (Å²) in [4.78, 5) is 11.3. The van der Waals surface area contributed by atoms with Gasteiger partial charge in [-0.25, -0.2) is 0 Å². The van der Waals surface area contributed by atoms with Crippen molar-refractivity contribution in [2.75, 3.05) is 5.43 Å². The number of benzene rings is 1. The average molecular weight is 161 g/mol. The van der Waals surface area contributed by atoms with Gasteiger partial charge in [-0.05, 0) is 12.1 Å². The van der Waals surface area contributed by atoms with E-state index in [0.29, 0.717) is 5.56 Å². The lowest BCUT2D eigenvalue weighted by Crippen LogP contribution is -2.19. The zero-order valence-electron chi connectivity index (χ0n) is 6.24. The largest absolute Gasteiger partial charge is 0.311 e. The molecule has 1 aromatic rings. The lowest BCUT2D eigenvalue weighted by Gasteiger charge is -2.01. The van der Waals surface area contributed by atoms with Crippen molar-refractivity contribution in [2.24, 2.45) is 5.10 Å². The summed E-state index contributed by atoms with van der Waals surface area (Å²) in [5.41, 5.74) is 4.07. The molecular formula is C8H7N3O. The van der Waals surface area contributed by atoms with Gasteiger partial charge in [0.15, 0.2) is 0 Å². The molecule has 1 aromatic carbocycles. The Hall–Kier alpha value is -1.84. The number of fused-ring (bicyclic) bond motifs is 1. The van der Waals surface area contributed by atoms with Crippen LogP contribution in [0.3, 0.4) is 0 Å². The molecule has 0 saturated heterocycles. The predicted octanol–water partition coefficient (Wildman–Crippen LogP) is 0.785. The highest BCUT2D eigenvalue weighted by Crippen LogP contribution is 2.15. The summed E-state index contributed by atoms with van der Waals surface area (Å²) in [5.74, 6) is -0.139. The van der Waals surface area contributed by atoms with Gasteiger partial charge in [-0.2, -0.15) is 5.10 Å². The van der Waals surface area contributed by atoms with Gasteiger partial charge in [0.05, 0.1) is 11.3 Å². The Morgan fingerprint density at radius 1 is 1.25 bits per heavy atom. The van der Waals surface area contributed by atoms with Crippen molar-refractivity contribution in [3.05, 3.63) is 29.8 Å². The van der Waals surface area contributed by atoms with Crippen molar-refractivity contribution < 1.29 is 4.79 Å². The topological polar surface area (TPSA) is 53.5 Å². The van der Waals surface area contributed by atoms with Gasteiger partial charge < -0.3 is 5.32 Å². The third-order valence-corrected chi connectivity index (χ3v) is 1.62. The van der Waals surface area contributed by atoms with Crippen LogP contribution in [-0.2, 0) is 0 Å². The number of nitrogens with one attached hydrogen (secondary N) is 2. The van der Waals surface area contributed by atoms with Gasteiger partial charge in [0.1, 0.15) is 6.34 Å². The molecule has 0 bridgehead atoms. The third-order valence-electron chi connectivity index (χ3n) is 1.62. The second-order valence-corrected chi connectivity index (χ2v) is 2.39. The number of rotatable bonds is 0. The number of para-hydroxylation sites is 1. The van der Waals surface area contributed by atoms with E-state index in [4.69, 9.17) is 0 Å². The third kappa shape index (κ3) is 1.03. The van der Waals surface area contributed by atoms with Gasteiger partial charge in [0, 0.05) is 0 Å². The van der Waals surface area contributed by atoms with Crippen molar-refractivity contribution >= 4 is 17.9 Å². The highest BCUT2D eigenvalue weighted by molar-refractivity contribution is 6.05. The molecule has 0 radical (unpaired) electrons. The van der Waals surface area contributed by atoms with E-state index in [1.165, 1.54) is 6.34 Å². The maximum Gasteiger partial charge on any atom is 0.258 e. The highest BCUT2D eigenvalue weighted by Gasteiger charge is 2.10. The van der Waals surface area contributed by atoms with Crippen molar-refractivity contribution in [1.82, 2.24) is 5.32 Å². The summed E-state index contributed by atoms with van der Waals surface area (Å²) in [6.07, 6.45) is 1.34. The van der Waals surface area contributed by atoms with Crippen LogP contribution in [0.15, 0.2) is 29.4 Å². The van der Waals surface area contributed by atoms with E-state index in [9.17, 15) is 4.79 Å². The maximum atomic E-state index is 11.3. The zero-order valence-corrected chi connectivity index (χ0v) is 6.24. The van der Waals surface area contributed by atoms with Crippen molar-refractivity contribution in [3.63, 3.8) is 0 Å². The summed E-state index contributed by atoms with van der Waals surface area (Å²) in [7, 11) is 0. The first kappa shape index (κ1) is 6.84. The zero-order chi connectivity index (χ0) is 8.39. The van der Waals surface area contributed by atoms with E-state index >= 15 is 0 Å². The first-order chi connectivity index (χ1) is 5.88. The lowest BCUT2D eigenvalue weighted by atomic mass is 10.2. The number of hydrogen-bond acceptors (Lipinski definition) is 3. The van der Waals surface area contributed by atoms with Crippen molar-refractivity contribution in [2.45, 2.75) is 0 Å². The smallest absolute Gasteiger partial charge is 0.258 e. The van der Waals surface area contributed by atoms with Crippen LogP contribution in [-0.4, -0.2) is 12.2 Å². The minimum Gasteiger partial charge on any atom is -0.311 e. The van der Waals surface area contributed by atoms with E-state index < -0.39 is 0 Å². The molecule has 2 N–H and O–H groups in total. The van der Waals surface area contributed by atoms with Crippen LogP contribution >= 0.6 is 0 Å². The van der Waals surface area contributed by atoms with Crippen molar-refractivity contribution in [1.29, 1.82) is 0 Å². The van der Waals surface area contributed by atoms with E-state index in [0.717, 1.165) is 5.69 Å². The summed E-state index contributed by atoms with van der Waals surface area (Å²) >= 11 is 0. The lowest BCUT2D eigenvalue weighted by molar-refractivity contribution is 0.0980. The summed E-state index contributed by atoms with van der Waals surface area (Å²) in [6, 6.07) is 7.20. The van der Waals surface area contributed by atoms with Gasteiger partial charge in [0.2, 0.25) is 0 Å². The molecule has 0 atom stereocenters. The fraction of sp³-hybridized carbons (Fsp3) is 0. The minimum absolute atomic E-state index is 0.139. The average Bonchev–Trinajstić information content (AvgIpc) is 2.29. The normalized spacial score (nSPS) is 14.2. The van der Waals surface area contributed by atoms with Crippen LogP contribution in [0.25, 0.3) is 0 Å². The maximum absolute atomic E-state index is 11.3. The Labute approximate surface area is 69.3 Å². The highest BCUT2D eigenvalue weighted by atomic mass is 16.1. The molecule has 1 aliphatic rings. The van der Waals surface area contributed by atoms with Gasteiger partial charge >= 0.3 is 0 Å². The molecule has 12 heavy (non-hydrogen) atoms. The first-order valence-corrected chi connectivity index (χ1v) is 3.55. The monoisotopic (exact) mass is 161 g/mol. The van der Waals surface area contributed by atoms with Crippen LogP contribution in [0.2, 0.25) is 0 Å². The van der Waals surface area contributed by atoms with Crippen LogP contribution in [0.4, 0.5) is 5.69 Å². The molecule has 0 aromatic heterocycles. The molecule has 1 aliphatic heterocycles. The van der Waals surface area contributed by atoms with Gasteiger partial charge in [-0.3, -0.25) is 10.2 Å². The van der Waals surface area contributed by atoms with Gasteiger partial charge in [0.25, 0.3) is 5.91 Å². The second-order valence-electron chi connectivity index (χ2n) is 2.39. The number of anilines is 1. The summed E-state index contributed by atoms with van der Waals surface area (Å²) in [5, 5.41) is 6.26. The van der Waals surface area contributed by atoms with Gasteiger partial charge in [-0.1, -0.05) is 12.1 Å². The summed E-state index contributed by atoms with van der Waals surface area (Å²) in [6.45, 7) is 0. The molecule has 0 saturated carbocycles. The van der Waals surface area contributed by atoms with Crippen molar-refractivity contribution in [3.8, 4) is 0 Å². The molecule has 0 fully saturated rings. The number of carbonyl (C=O) groups excluding carboxylic acids is 1. The summed E-state index contributed by atoms with van der Waals surface area (Å²) < 4.78 is 0. The molecule has 4 heteroatoms. The standard InChI is InChI=1S/C8H7N3O/c12-8-6-3-1-2-4-7(6)11-10-5-9-8/h1-5,11H,(H,9,10,12). The second kappa shape index (κ2) is 2.65. The molecule has 4 nitrogen and oxygen atoms in total. The number of carbonyl (C=O) groups is 1. The Kier molecular flexibility index (Phi) is 1.51. The molecule has 2 rings (SSSR count). The van der Waals surface area contributed by atoms with E-state index in [1.807, 2.05) is 12.1 Å². The van der Waals surface area contributed by atoms with E-state index in [1.54, 1.807) is 12.1 Å². The minimum atomic E-state index is -0.139. The number of hydrazone groups is 1. The first-order valence-electron chi connectivity index (χ1n) is 3.55. The fourth-order valence-electron chi connectivity index (χ4n) is 1.05. The molecule has 1 heterocycles. The molecular weight excluding hydrogens is 154 g/mol. The quantitative estimate of drug-likeness (QED) is 0.591. The molecule has 0 spiro atoms. The van der Waals surface area contributed by atoms with Crippen LogP contribution in [0.5, 0.6) is 0 Å². The predicted molar refractivity (Wildman–Crippen MR) is 46.0 cm³/mol. The molecule has 1 amide bonds. The molecule has 60 valence electrons. The van der Waals surface area contributed by atoms with Crippen LogP contribution < -0.4 is 10.7 Å². The number of nitrogens with zero attached hydrogens (tertiary/aromatic N) is 1. The molecule has 0 aliphatic carbocycles. The van der Waals surface area contributed by atoms with Gasteiger partial charge in [-0.15, -0.1) is 0 Å².